The summed E-state index contributed by atoms with van der Waals surface area (Å²) in [5.41, 5.74) is 2.42. The normalized spacial score (nSPS) is 17.2. The molecule has 1 aliphatic heterocycles. The topological polar surface area (TPSA) is 60.0 Å². The summed E-state index contributed by atoms with van der Waals surface area (Å²) in [6.45, 7) is 5.06. The van der Waals surface area contributed by atoms with Crippen molar-refractivity contribution in [2.45, 2.75) is 32.3 Å². The molecule has 0 aliphatic carbocycles. The molecular formula is C23H25FN2O4. The second kappa shape index (κ2) is 9.61. The van der Waals surface area contributed by atoms with Crippen LogP contribution in [0, 0.1) is 18.2 Å². The third-order valence-electron chi connectivity index (χ3n) is 4.52. The summed E-state index contributed by atoms with van der Waals surface area (Å²) in [5.74, 6) is 1.70. The Balaban J connectivity index is 1.54. The molecule has 30 heavy (non-hydrogen) atoms. The third kappa shape index (κ3) is 6.21. The van der Waals surface area contributed by atoms with Gasteiger partial charge in [-0.2, -0.15) is 0 Å². The molecule has 1 heterocycles. The van der Waals surface area contributed by atoms with Crippen LogP contribution in [0.1, 0.15) is 19.4 Å². The Bertz CT molecular complexity index is 891. The van der Waals surface area contributed by atoms with Gasteiger partial charge in [-0.1, -0.05) is 18.1 Å². The molecule has 2 aromatic carbocycles. The number of amides is 1. The molecule has 1 N–H and O–H groups in total. The molecular weight excluding hydrogens is 387 g/mol. The maximum absolute atomic E-state index is 13.1. The van der Waals surface area contributed by atoms with Gasteiger partial charge < -0.3 is 19.1 Å². The monoisotopic (exact) mass is 412 g/mol. The van der Waals surface area contributed by atoms with Crippen molar-refractivity contribution in [1.82, 2.24) is 0 Å². The first-order valence-corrected chi connectivity index (χ1v) is 9.63. The van der Waals surface area contributed by atoms with Crippen molar-refractivity contribution >= 4 is 17.5 Å². The minimum atomic E-state index is -0.654. The Hall–Kier alpha value is -3.08. The Kier molecular flexibility index (Phi) is 6.93. The van der Waals surface area contributed by atoms with Gasteiger partial charge in [-0.15, -0.1) is 6.42 Å². The second-order valence-corrected chi connectivity index (χ2v) is 7.41. The zero-order valence-electron chi connectivity index (χ0n) is 17.1. The van der Waals surface area contributed by atoms with Crippen LogP contribution in [0.25, 0.3) is 0 Å². The van der Waals surface area contributed by atoms with E-state index in [4.69, 9.17) is 20.6 Å². The Labute approximate surface area is 175 Å². The molecule has 158 valence electrons. The molecule has 0 bridgehead atoms. The molecule has 1 aliphatic rings. The van der Waals surface area contributed by atoms with Gasteiger partial charge in [-0.05, 0) is 55.8 Å². The number of carbonyl (C=O) groups excluding carboxylic acids is 1. The zero-order valence-corrected chi connectivity index (χ0v) is 17.1. The lowest BCUT2D eigenvalue weighted by atomic mass is 10.2. The number of hydrogen-bond donors (Lipinski definition) is 1. The van der Waals surface area contributed by atoms with Gasteiger partial charge in [0.15, 0.2) is 5.79 Å². The van der Waals surface area contributed by atoms with E-state index in [0.29, 0.717) is 25.4 Å². The predicted octanol–water partition coefficient (Wildman–Crippen LogP) is 4.17. The number of anilines is 2. The van der Waals surface area contributed by atoms with E-state index in [1.54, 1.807) is 24.3 Å². The Morgan fingerprint density at radius 2 is 1.97 bits per heavy atom. The summed E-state index contributed by atoms with van der Waals surface area (Å²) in [6, 6.07) is 13.5. The van der Waals surface area contributed by atoms with Crippen LogP contribution in [0.2, 0.25) is 0 Å². The summed E-state index contributed by atoms with van der Waals surface area (Å²) in [4.78, 5) is 14.0. The summed E-state index contributed by atoms with van der Waals surface area (Å²) in [7, 11) is 0. The number of rotatable bonds is 7. The van der Waals surface area contributed by atoms with Crippen LogP contribution in [0.15, 0.2) is 48.5 Å². The highest BCUT2D eigenvalue weighted by atomic mass is 19.1. The van der Waals surface area contributed by atoms with Gasteiger partial charge in [0, 0.05) is 17.9 Å². The van der Waals surface area contributed by atoms with E-state index >= 15 is 0 Å². The fourth-order valence-electron chi connectivity index (χ4n) is 3.08. The third-order valence-corrected chi connectivity index (χ3v) is 4.52. The second-order valence-electron chi connectivity index (χ2n) is 7.41. The summed E-state index contributed by atoms with van der Waals surface area (Å²) in [6.07, 6.45) is 4.65. The Morgan fingerprint density at radius 1 is 1.27 bits per heavy atom. The number of terminal acetylenes is 1. The van der Waals surface area contributed by atoms with E-state index in [9.17, 15) is 9.18 Å². The van der Waals surface area contributed by atoms with Gasteiger partial charge in [0.2, 0.25) is 0 Å². The van der Waals surface area contributed by atoms with Crippen molar-refractivity contribution in [2.75, 3.05) is 30.0 Å². The predicted molar refractivity (Wildman–Crippen MR) is 113 cm³/mol. The standard InChI is InChI=1S/C23H25FN2O4/c1-4-13-26(14-17-5-7-18(24)8-6-17)20-11-9-19(10-12-20)25-22(27)28-15-21-16-29-23(2,3)30-21/h1,5-12,21H,13-16H2,2-3H3,(H,25,27). The average molecular weight is 412 g/mol. The number of benzene rings is 2. The van der Waals surface area contributed by atoms with Gasteiger partial charge in [0.25, 0.3) is 0 Å². The van der Waals surface area contributed by atoms with Crippen molar-refractivity contribution < 1.29 is 23.4 Å². The molecule has 0 saturated carbocycles. The highest BCUT2D eigenvalue weighted by Crippen LogP contribution is 2.23. The highest BCUT2D eigenvalue weighted by molar-refractivity contribution is 5.84. The highest BCUT2D eigenvalue weighted by Gasteiger charge is 2.33. The first-order valence-electron chi connectivity index (χ1n) is 9.63. The summed E-state index contributed by atoms with van der Waals surface area (Å²) >= 11 is 0. The minimum Gasteiger partial charge on any atom is -0.446 e. The molecule has 1 saturated heterocycles. The number of halogens is 1. The van der Waals surface area contributed by atoms with E-state index in [-0.39, 0.29) is 18.5 Å². The van der Waals surface area contributed by atoms with Crippen LogP contribution in [-0.2, 0) is 20.8 Å². The molecule has 1 unspecified atom stereocenters. The molecule has 0 spiro atoms. The van der Waals surface area contributed by atoms with Crippen LogP contribution < -0.4 is 10.2 Å². The number of nitrogens with one attached hydrogen (secondary N) is 1. The van der Waals surface area contributed by atoms with Crippen molar-refractivity contribution in [3.05, 3.63) is 59.9 Å². The maximum Gasteiger partial charge on any atom is 0.411 e. The first kappa shape index (κ1) is 21.6. The smallest absolute Gasteiger partial charge is 0.411 e. The largest absolute Gasteiger partial charge is 0.446 e. The van der Waals surface area contributed by atoms with Crippen LogP contribution in [0.3, 0.4) is 0 Å². The first-order chi connectivity index (χ1) is 14.3. The van der Waals surface area contributed by atoms with E-state index < -0.39 is 11.9 Å². The number of carbonyl (C=O) groups is 1. The van der Waals surface area contributed by atoms with E-state index in [1.807, 2.05) is 30.9 Å². The molecule has 1 atom stereocenters. The van der Waals surface area contributed by atoms with Gasteiger partial charge in [-0.3, -0.25) is 5.32 Å². The van der Waals surface area contributed by atoms with Gasteiger partial charge >= 0.3 is 6.09 Å². The van der Waals surface area contributed by atoms with E-state index in [0.717, 1.165) is 11.3 Å². The fraction of sp³-hybridized carbons (Fsp3) is 0.348. The van der Waals surface area contributed by atoms with E-state index in [1.165, 1.54) is 12.1 Å². The van der Waals surface area contributed by atoms with E-state index in [2.05, 4.69) is 11.2 Å². The minimum absolute atomic E-state index is 0.112. The maximum atomic E-state index is 13.1. The summed E-state index contributed by atoms with van der Waals surface area (Å²) < 4.78 is 29.4. The SMILES string of the molecule is C#CCN(Cc1ccc(F)cc1)c1ccc(NC(=O)OCC2COC(C)(C)O2)cc1. The number of hydrogen-bond acceptors (Lipinski definition) is 5. The lowest BCUT2D eigenvalue weighted by Crippen LogP contribution is -2.26. The fourth-order valence-corrected chi connectivity index (χ4v) is 3.08. The van der Waals surface area contributed by atoms with Crippen molar-refractivity contribution in [3.8, 4) is 12.3 Å². The molecule has 2 aromatic rings. The van der Waals surface area contributed by atoms with Crippen molar-refractivity contribution in [1.29, 1.82) is 0 Å². The molecule has 0 aromatic heterocycles. The molecule has 1 amide bonds. The van der Waals surface area contributed by atoms with Crippen LogP contribution in [0.4, 0.5) is 20.6 Å². The molecule has 0 radical (unpaired) electrons. The molecule has 7 heteroatoms. The number of nitrogens with zero attached hydrogens (tertiary/aromatic N) is 1. The van der Waals surface area contributed by atoms with Crippen molar-refractivity contribution in [3.63, 3.8) is 0 Å². The average Bonchev–Trinajstić information content (AvgIpc) is 3.07. The lowest BCUT2D eigenvalue weighted by molar-refractivity contribution is -0.142. The lowest BCUT2D eigenvalue weighted by Gasteiger charge is -2.23. The van der Waals surface area contributed by atoms with Gasteiger partial charge in [-0.25, -0.2) is 9.18 Å². The quantitative estimate of drug-likeness (QED) is 0.692. The van der Waals surface area contributed by atoms with Crippen molar-refractivity contribution in [2.24, 2.45) is 0 Å². The van der Waals surface area contributed by atoms with Gasteiger partial charge in [0.05, 0.1) is 13.2 Å². The molecule has 1 fully saturated rings. The van der Waals surface area contributed by atoms with Gasteiger partial charge in [0.1, 0.15) is 18.5 Å². The molecule has 3 rings (SSSR count). The number of ether oxygens (including phenoxy) is 3. The zero-order chi connectivity index (χ0) is 21.6. The summed E-state index contributed by atoms with van der Waals surface area (Å²) in [5, 5.41) is 2.68. The van der Waals surface area contributed by atoms with Crippen LogP contribution in [-0.4, -0.2) is 37.7 Å². The molecule has 6 nitrogen and oxygen atoms in total. The van der Waals surface area contributed by atoms with Crippen LogP contribution >= 0.6 is 0 Å². The van der Waals surface area contributed by atoms with Crippen LogP contribution in [0.5, 0.6) is 0 Å². The Morgan fingerprint density at radius 3 is 2.57 bits per heavy atom.